The zero-order valence-corrected chi connectivity index (χ0v) is 12.7. The first-order valence-corrected chi connectivity index (χ1v) is 10.9. The first kappa shape index (κ1) is 13.0. The predicted octanol–water partition coefficient (Wildman–Crippen LogP) is -4.74. The molecule has 0 saturated carbocycles. The van der Waals surface area contributed by atoms with E-state index in [-0.39, 0.29) is 27.5 Å². The summed E-state index contributed by atoms with van der Waals surface area (Å²) >= 11 is 0.614. The van der Waals surface area contributed by atoms with Gasteiger partial charge in [-0.05, 0) is 0 Å². The van der Waals surface area contributed by atoms with E-state index in [0.717, 1.165) is 13.0 Å². The van der Waals surface area contributed by atoms with Gasteiger partial charge in [0.15, 0.2) is 0 Å². The van der Waals surface area contributed by atoms with Gasteiger partial charge in [0.05, 0.1) is 0 Å². The average molecular weight is 422 g/mol. The molecule has 0 aromatic carbocycles. The summed E-state index contributed by atoms with van der Waals surface area (Å²) in [7, 11) is 0. The van der Waals surface area contributed by atoms with Gasteiger partial charge in [-0.3, -0.25) is 0 Å². The minimum atomic E-state index is 0.0230. The van der Waals surface area contributed by atoms with Gasteiger partial charge in [-0.2, -0.15) is 0 Å². The average Bonchev–Trinajstić information content (AvgIpc) is 2.25. The summed E-state index contributed by atoms with van der Waals surface area (Å²) in [6, 6.07) is 0. The van der Waals surface area contributed by atoms with E-state index in [2.05, 4.69) is 14.8 Å². The Bertz CT molecular complexity index is 192. The molecule has 0 bridgehead atoms. The van der Waals surface area contributed by atoms with Gasteiger partial charge in [-0.25, -0.2) is 0 Å². The van der Waals surface area contributed by atoms with E-state index in [1.807, 2.05) is 0 Å². The number of ether oxygens (including phenoxy) is 2. The number of hydrogen-bond donors (Lipinski definition) is 0. The Kier molecular flexibility index (Phi) is 8.53. The molecule has 84 valence electrons. The Morgan fingerprint density at radius 1 is 1.50 bits per heavy atom. The fourth-order valence-corrected chi connectivity index (χ4v) is 4.89. The maximum absolute atomic E-state index is 5.49. The summed E-state index contributed by atoms with van der Waals surface area (Å²) in [5.41, 5.74) is 0. The summed E-state index contributed by atoms with van der Waals surface area (Å²) in [6.07, 6.45) is 3.47. The number of rotatable bonds is 4. The van der Waals surface area contributed by atoms with Gasteiger partial charge in [-0.15, -0.1) is 0 Å². The first-order chi connectivity index (χ1) is 6.93. The van der Waals surface area contributed by atoms with Crippen molar-refractivity contribution >= 4 is 0 Å². The molecular weight excluding hydrogens is 406 g/mol. The second kappa shape index (κ2) is 9.19. The molecule has 14 heavy (non-hydrogen) atoms. The SMILES string of the molecule is C[I-]C[I-]C#CCOC1CCCCO1. The number of halogens is 2. The van der Waals surface area contributed by atoms with Gasteiger partial charge in [0, 0.05) is 0 Å². The van der Waals surface area contributed by atoms with Crippen LogP contribution in [0.25, 0.3) is 0 Å². The molecule has 1 rings (SSSR count). The van der Waals surface area contributed by atoms with Crippen molar-refractivity contribution in [3.63, 3.8) is 0 Å². The summed E-state index contributed by atoms with van der Waals surface area (Å²) < 4.78 is 15.6. The van der Waals surface area contributed by atoms with Crippen LogP contribution in [0.4, 0.5) is 0 Å². The van der Waals surface area contributed by atoms with Crippen molar-refractivity contribution in [3.05, 3.63) is 0 Å². The van der Waals surface area contributed by atoms with Crippen molar-refractivity contribution in [2.75, 3.05) is 20.6 Å². The monoisotopic (exact) mass is 422 g/mol. The molecule has 4 heteroatoms. The summed E-state index contributed by atoms with van der Waals surface area (Å²) in [5, 5.41) is 0. The third-order valence-corrected chi connectivity index (χ3v) is 9.19. The number of alkyl halides is 3. The van der Waals surface area contributed by atoms with Crippen LogP contribution in [0.5, 0.6) is 0 Å². The molecule has 0 spiro atoms. The molecule has 1 aliphatic heterocycles. The molecule has 2 nitrogen and oxygen atoms in total. The third kappa shape index (κ3) is 6.43. The second-order valence-electron chi connectivity index (χ2n) is 2.88. The standard InChI is InChI=1S/C10H16I2O2/c1-11-9-12-6-4-8-14-10-5-2-3-7-13-10/h10H,2-3,5,7-9H2,1H3/q-2. The van der Waals surface area contributed by atoms with Crippen molar-refractivity contribution in [3.8, 4) is 9.85 Å². The molecule has 1 unspecified atom stereocenters. The summed E-state index contributed by atoms with van der Waals surface area (Å²) in [4.78, 5) is 2.31. The number of hydrogen-bond acceptors (Lipinski definition) is 2. The molecule has 1 atom stereocenters. The molecular formula is C10H16I2O2-2. The van der Waals surface area contributed by atoms with Crippen LogP contribution in [0, 0.1) is 9.85 Å². The van der Waals surface area contributed by atoms with Gasteiger partial charge >= 0.3 is 108 Å². The molecule has 0 aromatic heterocycles. The van der Waals surface area contributed by atoms with Crippen LogP contribution >= 0.6 is 0 Å². The summed E-state index contributed by atoms with van der Waals surface area (Å²) in [5.74, 6) is 3.08. The molecule has 0 radical (unpaired) electrons. The van der Waals surface area contributed by atoms with E-state index < -0.39 is 0 Å². The Hall–Kier alpha value is 0.940. The Balaban J connectivity index is 1.98. The second-order valence-corrected chi connectivity index (χ2v) is 10.2. The molecule has 0 aliphatic carbocycles. The zero-order chi connectivity index (χ0) is 10.1. The van der Waals surface area contributed by atoms with Crippen LogP contribution < -0.4 is 42.4 Å². The van der Waals surface area contributed by atoms with E-state index >= 15 is 0 Å². The van der Waals surface area contributed by atoms with Crippen LogP contribution in [-0.2, 0) is 9.47 Å². The maximum atomic E-state index is 5.49. The minimum absolute atomic E-state index is 0.0230. The molecule has 0 aromatic rings. The van der Waals surface area contributed by atoms with Crippen molar-refractivity contribution in [2.24, 2.45) is 0 Å². The Morgan fingerprint density at radius 2 is 2.43 bits per heavy atom. The van der Waals surface area contributed by atoms with Crippen molar-refractivity contribution < 1.29 is 51.9 Å². The van der Waals surface area contributed by atoms with Crippen molar-refractivity contribution in [1.82, 2.24) is 0 Å². The van der Waals surface area contributed by atoms with E-state index in [9.17, 15) is 0 Å². The molecule has 0 amide bonds. The Morgan fingerprint density at radius 3 is 3.14 bits per heavy atom. The van der Waals surface area contributed by atoms with Gasteiger partial charge in [0.2, 0.25) is 0 Å². The first-order valence-electron chi connectivity index (χ1n) is 4.66. The summed E-state index contributed by atoms with van der Waals surface area (Å²) in [6.45, 7) is 1.41. The van der Waals surface area contributed by atoms with E-state index in [4.69, 9.17) is 9.47 Å². The van der Waals surface area contributed by atoms with Crippen LogP contribution in [-0.4, -0.2) is 26.9 Å². The molecule has 1 fully saturated rings. The van der Waals surface area contributed by atoms with Crippen molar-refractivity contribution in [1.29, 1.82) is 0 Å². The van der Waals surface area contributed by atoms with Crippen LogP contribution in [0.2, 0.25) is 0 Å². The van der Waals surface area contributed by atoms with Gasteiger partial charge < -0.3 is 0 Å². The molecule has 1 aliphatic rings. The van der Waals surface area contributed by atoms with Gasteiger partial charge in [0.1, 0.15) is 0 Å². The zero-order valence-electron chi connectivity index (χ0n) is 8.39. The van der Waals surface area contributed by atoms with Crippen LogP contribution in [0.1, 0.15) is 19.3 Å². The third-order valence-electron chi connectivity index (χ3n) is 1.76. The fraction of sp³-hybridized carbons (Fsp3) is 0.800. The van der Waals surface area contributed by atoms with Gasteiger partial charge in [0.25, 0.3) is 0 Å². The Labute approximate surface area is 107 Å². The molecule has 0 N–H and O–H groups in total. The predicted molar refractivity (Wildman–Crippen MR) is 48.1 cm³/mol. The normalized spacial score (nSPS) is 21.9. The van der Waals surface area contributed by atoms with Crippen molar-refractivity contribution in [2.45, 2.75) is 25.6 Å². The fourth-order valence-electron chi connectivity index (χ4n) is 1.13. The topological polar surface area (TPSA) is 18.5 Å². The van der Waals surface area contributed by atoms with E-state index in [1.165, 1.54) is 15.3 Å². The van der Waals surface area contributed by atoms with Gasteiger partial charge in [-0.1, -0.05) is 0 Å². The van der Waals surface area contributed by atoms with E-state index in [1.54, 1.807) is 0 Å². The van der Waals surface area contributed by atoms with E-state index in [0.29, 0.717) is 27.8 Å². The molecule has 1 saturated heterocycles. The van der Waals surface area contributed by atoms with Crippen LogP contribution in [0.15, 0.2) is 0 Å². The molecule has 1 heterocycles. The van der Waals surface area contributed by atoms with Crippen LogP contribution in [0.3, 0.4) is 0 Å². The quantitative estimate of drug-likeness (QED) is 0.196.